The highest BCUT2D eigenvalue weighted by Crippen LogP contribution is 2.32. The third-order valence-electron chi connectivity index (χ3n) is 3.26. The molecule has 5 nitrogen and oxygen atoms in total. The monoisotopic (exact) mass is 352 g/mol. The first-order valence-electron chi connectivity index (χ1n) is 7.16. The fraction of sp³-hybridized carbons (Fsp3) is 0.467. The number of methoxy groups -OCH3 is 1. The molecule has 114 valence electrons. The second-order valence-electron chi connectivity index (χ2n) is 4.69. The topological polar surface area (TPSA) is 52.0 Å². The number of aryl methyl sites for hydroxylation is 1. The van der Waals surface area contributed by atoms with Gasteiger partial charge in [-0.25, -0.2) is 4.98 Å². The van der Waals surface area contributed by atoms with E-state index in [1.165, 1.54) is 0 Å². The van der Waals surface area contributed by atoms with Crippen LogP contribution >= 0.6 is 15.9 Å². The second kappa shape index (κ2) is 7.56. The minimum Gasteiger partial charge on any atom is -0.481 e. The van der Waals surface area contributed by atoms with Crippen LogP contribution in [0.3, 0.4) is 0 Å². The third kappa shape index (κ3) is 3.44. The van der Waals surface area contributed by atoms with Crippen LogP contribution in [0.1, 0.15) is 37.6 Å². The number of pyridine rings is 1. The Balaban J connectivity index is 2.51. The summed E-state index contributed by atoms with van der Waals surface area (Å²) >= 11 is 3.62. The Labute approximate surface area is 133 Å². The molecule has 1 unspecified atom stereocenters. The Morgan fingerprint density at radius 2 is 2.24 bits per heavy atom. The fourth-order valence-electron chi connectivity index (χ4n) is 2.40. The van der Waals surface area contributed by atoms with Gasteiger partial charge in [-0.1, -0.05) is 19.9 Å². The van der Waals surface area contributed by atoms with Crippen molar-refractivity contribution in [3.63, 3.8) is 0 Å². The van der Waals surface area contributed by atoms with Crippen molar-refractivity contribution in [2.24, 2.45) is 0 Å². The molecule has 0 aliphatic heterocycles. The molecule has 0 aliphatic rings. The Kier molecular flexibility index (Phi) is 5.76. The molecule has 1 atom stereocenters. The van der Waals surface area contributed by atoms with Crippen LogP contribution in [-0.4, -0.2) is 28.4 Å². The zero-order valence-electron chi connectivity index (χ0n) is 12.6. The van der Waals surface area contributed by atoms with Crippen LogP contribution in [0, 0.1) is 0 Å². The highest BCUT2D eigenvalue weighted by atomic mass is 79.9. The molecular weight excluding hydrogens is 332 g/mol. The zero-order chi connectivity index (χ0) is 15.2. The van der Waals surface area contributed by atoms with Crippen molar-refractivity contribution in [1.29, 1.82) is 0 Å². The second-order valence-corrected chi connectivity index (χ2v) is 5.55. The van der Waals surface area contributed by atoms with Gasteiger partial charge in [-0.3, -0.25) is 4.68 Å². The Morgan fingerprint density at radius 3 is 2.90 bits per heavy atom. The summed E-state index contributed by atoms with van der Waals surface area (Å²) in [6, 6.07) is 3.95. The van der Waals surface area contributed by atoms with Crippen LogP contribution in [0.2, 0.25) is 0 Å². The molecule has 1 N–H and O–H groups in total. The van der Waals surface area contributed by atoms with E-state index in [0.717, 1.165) is 35.2 Å². The van der Waals surface area contributed by atoms with E-state index in [1.54, 1.807) is 13.3 Å². The van der Waals surface area contributed by atoms with Gasteiger partial charge in [0, 0.05) is 18.3 Å². The molecule has 0 bridgehead atoms. The van der Waals surface area contributed by atoms with E-state index in [0.29, 0.717) is 5.88 Å². The van der Waals surface area contributed by atoms with Crippen molar-refractivity contribution in [1.82, 2.24) is 20.1 Å². The molecule has 0 saturated carbocycles. The average Bonchev–Trinajstić information content (AvgIpc) is 2.86. The lowest BCUT2D eigenvalue weighted by molar-refractivity contribution is 0.385. The molecule has 0 amide bonds. The average molecular weight is 353 g/mol. The number of aromatic nitrogens is 3. The molecule has 2 heterocycles. The number of nitrogens with zero attached hydrogens (tertiary/aromatic N) is 3. The number of ether oxygens (including phenoxy) is 1. The van der Waals surface area contributed by atoms with Gasteiger partial charge < -0.3 is 10.1 Å². The first-order chi connectivity index (χ1) is 10.2. The van der Waals surface area contributed by atoms with Crippen LogP contribution in [0.15, 0.2) is 29.0 Å². The van der Waals surface area contributed by atoms with Gasteiger partial charge >= 0.3 is 0 Å². The smallest absolute Gasteiger partial charge is 0.218 e. The molecule has 0 fully saturated rings. The number of rotatable bonds is 7. The summed E-state index contributed by atoms with van der Waals surface area (Å²) in [6.07, 6.45) is 4.62. The summed E-state index contributed by atoms with van der Waals surface area (Å²) in [6.45, 7) is 5.95. The Bertz CT molecular complexity index is 585. The van der Waals surface area contributed by atoms with Crippen molar-refractivity contribution in [2.75, 3.05) is 13.7 Å². The molecule has 0 aliphatic carbocycles. The van der Waals surface area contributed by atoms with Crippen molar-refractivity contribution in [2.45, 2.75) is 32.9 Å². The highest BCUT2D eigenvalue weighted by Gasteiger charge is 2.24. The standard InChI is InChI=1S/C15H21BrN4O/c1-4-9-20-14(12(16)10-19-20)13(17-5-2)11-7-6-8-18-15(11)21-3/h6-8,10,13,17H,4-5,9H2,1-3H3. The van der Waals surface area contributed by atoms with E-state index in [4.69, 9.17) is 4.74 Å². The SMILES string of the molecule is CCCn1ncc(Br)c1C(NCC)c1cccnc1OC. The quantitative estimate of drug-likeness (QED) is 0.831. The molecule has 0 radical (unpaired) electrons. The molecule has 6 heteroatoms. The predicted molar refractivity (Wildman–Crippen MR) is 86.5 cm³/mol. The largest absolute Gasteiger partial charge is 0.481 e. The van der Waals surface area contributed by atoms with Gasteiger partial charge in [0.05, 0.1) is 29.5 Å². The fourth-order valence-corrected chi connectivity index (χ4v) is 2.93. The molecule has 0 aromatic carbocycles. The van der Waals surface area contributed by atoms with Gasteiger partial charge in [-0.05, 0) is 35.0 Å². The van der Waals surface area contributed by atoms with E-state index in [9.17, 15) is 0 Å². The number of hydrogen-bond donors (Lipinski definition) is 1. The van der Waals surface area contributed by atoms with Gasteiger partial charge in [0.25, 0.3) is 0 Å². The molecule has 0 spiro atoms. The number of halogens is 1. The summed E-state index contributed by atoms with van der Waals surface area (Å²) in [5.41, 5.74) is 2.12. The van der Waals surface area contributed by atoms with E-state index in [2.05, 4.69) is 45.2 Å². The summed E-state index contributed by atoms with van der Waals surface area (Å²) in [4.78, 5) is 4.31. The van der Waals surface area contributed by atoms with Crippen molar-refractivity contribution >= 4 is 15.9 Å². The number of nitrogens with one attached hydrogen (secondary N) is 1. The lowest BCUT2D eigenvalue weighted by Gasteiger charge is -2.21. The summed E-state index contributed by atoms with van der Waals surface area (Å²) in [7, 11) is 1.65. The van der Waals surface area contributed by atoms with Gasteiger partial charge in [-0.15, -0.1) is 0 Å². The molecule has 2 aromatic rings. The lowest BCUT2D eigenvalue weighted by Crippen LogP contribution is -2.26. The molecule has 21 heavy (non-hydrogen) atoms. The maximum Gasteiger partial charge on any atom is 0.218 e. The van der Waals surface area contributed by atoms with Crippen LogP contribution in [0.25, 0.3) is 0 Å². The summed E-state index contributed by atoms with van der Waals surface area (Å²) < 4.78 is 8.44. The van der Waals surface area contributed by atoms with Crippen LogP contribution in [-0.2, 0) is 6.54 Å². The van der Waals surface area contributed by atoms with Crippen molar-refractivity contribution in [3.05, 3.63) is 40.3 Å². The van der Waals surface area contributed by atoms with E-state index in [-0.39, 0.29) is 6.04 Å². The zero-order valence-corrected chi connectivity index (χ0v) is 14.2. The summed E-state index contributed by atoms with van der Waals surface area (Å²) in [5, 5.41) is 7.96. The van der Waals surface area contributed by atoms with Crippen LogP contribution in [0.5, 0.6) is 5.88 Å². The van der Waals surface area contributed by atoms with E-state index in [1.807, 2.05) is 23.0 Å². The van der Waals surface area contributed by atoms with Crippen molar-refractivity contribution in [3.8, 4) is 5.88 Å². The summed E-state index contributed by atoms with van der Waals surface area (Å²) in [5.74, 6) is 0.639. The maximum atomic E-state index is 5.41. The first-order valence-corrected chi connectivity index (χ1v) is 7.95. The number of hydrogen-bond acceptors (Lipinski definition) is 4. The van der Waals surface area contributed by atoms with Gasteiger partial charge in [0.1, 0.15) is 0 Å². The molecule has 2 rings (SSSR count). The van der Waals surface area contributed by atoms with Gasteiger partial charge in [-0.2, -0.15) is 5.10 Å². The van der Waals surface area contributed by atoms with Crippen LogP contribution < -0.4 is 10.1 Å². The minimum absolute atomic E-state index is 0.0120. The van der Waals surface area contributed by atoms with Crippen LogP contribution in [0.4, 0.5) is 0 Å². The normalized spacial score (nSPS) is 12.4. The Morgan fingerprint density at radius 1 is 1.43 bits per heavy atom. The molecular formula is C15H21BrN4O. The molecule has 0 saturated heterocycles. The van der Waals surface area contributed by atoms with Gasteiger partial charge in [0.15, 0.2) is 0 Å². The van der Waals surface area contributed by atoms with Crippen molar-refractivity contribution < 1.29 is 4.74 Å². The minimum atomic E-state index is -0.0120. The lowest BCUT2D eigenvalue weighted by atomic mass is 10.0. The molecule has 2 aromatic heterocycles. The van der Waals surface area contributed by atoms with Gasteiger partial charge in [0.2, 0.25) is 5.88 Å². The maximum absolute atomic E-state index is 5.41. The van der Waals surface area contributed by atoms with E-state index >= 15 is 0 Å². The highest BCUT2D eigenvalue weighted by molar-refractivity contribution is 9.10. The predicted octanol–water partition coefficient (Wildman–Crippen LogP) is 3.16. The first kappa shape index (κ1) is 16.0. The Hall–Kier alpha value is -1.40. The van der Waals surface area contributed by atoms with E-state index < -0.39 is 0 Å². The third-order valence-corrected chi connectivity index (χ3v) is 3.87.